The van der Waals surface area contributed by atoms with Crippen LogP contribution in [0.25, 0.3) is 22.2 Å². The van der Waals surface area contributed by atoms with Crippen molar-refractivity contribution >= 4 is 28.5 Å². The molecular formula is C23H15ClFNO2. The van der Waals surface area contributed by atoms with Crippen LogP contribution in [0.15, 0.2) is 78.9 Å². The zero-order chi connectivity index (χ0) is 19.5. The van der Waals surface area contributed by atoms with Gasteiger partial charge in [0, 0.05) is 21.5 Å². The second kappa shape index (κ2) is 7.79. The molecule has 0 saturated heterocycles. The number of esters is 1. The molecule has 0 fully saturated rings. The van der Waals surface area contributed by atoms with Crippen molar-refractivity contribution in [2.45, 2.75) is 6.61 Å². The van der Waals surface area contributed by atoms with E-state index < -0.39 is 11.8 Å². The summed E-state index contributed by atoms with van der Waals surface area (Å²) in [5.41, 5.74) is 2.85. The van der Waals surface area contributed by atoms with Gasteiger partial charge in [0.25, 0.3) is 0 Å². The number of carbonyl (C=O) groups is 1. The van der Waals surface area contributed by atoms with Crippen LogP contribution in [0.1, 0.15) is 15.9 Å². The van der Waals surface area contributed by atoms with Crippen LogP contribution in [-0.2, 0) is 11.3 Å². The van der Waals surface area contributed by atoms with Crippen LogP contribution in [0.2, 0.25) is 5.02 Å². The van der Waals surface area contributed by atoms with E-state index in [-0.39, 0.29) is 6.61 Å². The Labute approximate surface area is 166 Å². The summed E-state index contributed by atoms with van der Waals surface area (Å²) in [4.78, 5) is 17.4. The number of fused-ring (bicyclic) bond motifs is 1. The topological polar surface area (TPSA) is 39.2 Å². The van der Waals surface area contributed by atoms with Gasteiger partial charge in [0.15, 0.2) is 0 Å². The average Bonchev–Trinajstić information content (AvgIpc) is 2.72. The number of hydrogen-bond donors (Lipinski definition) is 0. The molecule has 3 nitrogen and oxygen atoms in total. The molecule has 0 saturated carbocycles. The van der Waals surface area contributed by atoms with Crippen LogP contribution in [-0.4, -0.2) is 11.0 Å². The Hall–Kier alpha value is -3.24. The Kier molecular flexibility index (Phi) is 5.04. The zero-order valence-electron chi connectivity index (χ0n) is 14.7. The maximum atomic E-state index is 13.8. The van der Waals surface area contributed by atoms with Crippen LogP contribution in [0.5, 0.6) is 0 Å². The van der Waals surface area contributed by atoms with Crippen LogP contribution >= 0.6 is 11.6 Å². The Balaban J connectivity index is 1.71. The molecule has 1 aromatic heterocycles. The highest BCUT2D eigenvalue weighted by molar-refractivity contribution is 6.30. The molecule has 0 spiro atoms. The van der Waals surface area contributed by atoms with Gasteiger partial charge in [0.05, 0.1) is 16.8 Å². The van der Waals surface area contributed by atoms with Gasteiger partial charge in [-0.25, -0.2) is 14.2 Å². The molecule has 4 aromatic rings. The highest BCUT2D eigenvalue weighted by Crippen LogP contribution is 2.26. The highest BCUT2D eigenvalue weighted by atomic mass is 35.5. The molecule has 5 heteroatoms. The third-order valence-electron chi connectivity index (χ3n) is 4.39. The van der Waals surface area contributed by atoms with Crippen molar-refractivity contribution in [1.82, 2.24) is 4.98 Å². The smallest absolute Gasteiger partial charge is 0.339 e. The average molecular weight is 392 g/mol. The Bertz CT molecular complexity index is 1160. The van der Waals surface area contributed by atoms with Gasteiger partial charge in [0.1, 0.15) is 12.4 Å². The number of benzene rings is 3. The van der Waals surface area contributed by atoms with Gasteiger partial charge in [-0.1, -0.05) is 60.1 Å². The van der Waals surface area contributed by atoms with E-state index in [9.17, 15) is 9.18 Å². The highest BCUT2D eigenvalue weighted by Gasteiger charge is 2.16. The summed E-state index contributed by atoms with van der Waals surface area (Å²) >= 11 is 5.96. The molecule has 0 unspecified atom stereocenters. The molecule has 0 bridgehead atoms. The van der Waals surface area contributed by atoms with Crippen molar-refractivity contribution in [2.24, 2.45) is 0 Å². The fourth-order valence-electron chi connectivity index (χ4n) is 2.95. The first-order valence-electron chi connectivity index (χ1n) is 8.68. The summed E-state index contributed by atoms with van der Waals surface area (Å²) < 4.78 is 19.2. The lowest BCUT2D eigenvalue weighted by Gasteiger charge is -2.11. The van der Waals surface area contributed by atoms with Crippen LogP contribution in [0, 0.1) is 5.82 Å². The number of carbonyl (C=O) groups excluding carboxylic acids is 1. The Morgan fingerprint density at radius 1 is 0.964 bits per heavy atom. The molecule has 0 radical (unpaired) electrons. The molecule has 1 heterocycles. The number of aromatic nitrogens is 1. The van der Waals surface area contributed by atoms with E-state index in [1.54, 1.807) is 36.4 Å². The molecule has 28 heavy (non-hydrogen) atoms. The fourth-order valence-corrected chi connectivity index (χ4v) is 3.08. The van der Waals surface area contributed by atoms with E-state index in [1.807, 2.05) is 36.4 Å². The van der Waals surface area contributed by atoms with E-state index in [0.717, 1.165) is 5.56 Å². The maximum Gasteiger partial charge on any atom is 0.339 e. The van der Waals surface area contributed by atoms with Crippen LogP contribution in [0.3, 0.4) is 0 Å². The standard InChI is InChI=1S/C23H15ClFNO2/c24-17-11-9-15(10-12-17)22-13-19(18-6-2-4-8-21(18)26-22)23(27)28-14-16-5-1-3-7-20(16)25/h1-13H,14H2. The molecule has 0 atom stereocenters. The van der Waals surface area contributed by atoms with Crippen molar-refractivity contribution in [3.05, 3.63) is 101 Å². The number of rotatable bonds is 4. The third-order valence-corrected chi connectivity index (χ3v) is 4.64. The second-order valence-corrected chi connectivity index (χ2v) is 6.68. The Morgan fingerprint density at radius 3 is 2.46 bits per heavy atom. The first-order valence-corrected chi connectivity index (χ1v) is 9.06. The third kappa shape index (κ3) is 3.73. The van der Waals surface area contributed by atoms with Crippen molar-refractivity contribution in [1.29, 1.82) is 0 Å². The lowest BCUT2D eigenvalue weighted by Crippen LogP contribution is -2.08. The largest absolute Gasteiger partial charge is 0.457 e. The summed E-state index contributed by atoms with van der Waals surface area (Å²) in [5, 5.41) is 1.30. The number of pyridine rings is 1. The van der Waals surface area contributed by atoms with Gasteiger partial charge in [-0.15, -0.1) is 0 Å². The minimum atomic E-state index is -0.530. The van der Waals surface area contributed by atoms with Gasteiger partial charge in [-0.05, 0) is 30.3 Å². The first kappa shape index (κ1) is 18.1. The quantitative estimate of drug-likeness (QED) is 0.397. The monoisotopic (exact) mass is 391 g/mol. The van der Waals surface area contributed by atoms with Gasteiger partial charge in [-0.2, -0.15) is 0 Å². The number of ether oxygens (including phenoxy) is 1. The summed E-state index contributed by atoms with van der Waals surface area (Å²) in [6, 6.07) is 22.5. The predicted octanol–water partition coefficient (Wildman–Crippen LogP) is 6.05. The molecule has 0 aliphatic heterocycles. The van der Waals surface area contributed by atoms with E-state index in [2.05, 4.69) is 4.98 Å². The second-order valence-electron chi connectivity index (χ2n) is 6.25. The molecular weight excluding hydrogens is 377 g/mol. The molecule has 0 amide bonds. The number of halogens is 2. The zero-order valence-corrected chi connectivity index (χ0v) is 15.5. The van der Waals surface area contributed by atoms with E-state index in [4.69, 9.17) is 16.3 Å². The summed E-state index contributed by atoms with van der Waals surface area (Å²) in [6.07, 6.45) is 0. The van der Waals surface area contributed by atoms with Gasteiger partial charge in [-0.3, -0.25) is 0 Å². The number of hydrogen-bond acceptors (Lipinski definition) is 3. The van der Waals surface area contributed by atoms with Gasteiger partial charge < -0.3 is 4.74 Å². The molecule has 0 aliphatic carbocycles. The van der Waals surface area contributed by atoms with Crippen LogP contribution < -0.4 is 0 Å². The maximum absolute atomic E-state index is 13.8. The molecule has 0 aliphatic rings. The van der Waals surface area contributed by atoms with Gasteiger partial charge >= 0.3 is 5.97 Å². The van der Waals surface area contributed by atoms with Crippen molar-refractivity contribution in [3.63, 3.8) is 0 Å². The van der Waals surface area contributed by atoms with Crippen LogP contribution in [0.4, 0.5) is 4.39 Å². The fraction of sp³-hybridized carbons (Fsp3) is 0.0435. The van der Waals surface area contributed by atoms with E-state index in [1.165, 1.54) is 6.07 Å². The SMILES string of the molecule is O=C(OCc1ccccc1F)c1cc(-c2ccc(Cl)cc2)nc2ccccc12. The minimum absolute atomic E-state index is 0.140. The van der Waals surface area contributed by atoms with Gasteiger partial charge in [0.2, 0.25) is 0 Å². The molecule has 3 aromatic carbocycles. The predicted molar refractivity (Wildman–Crippen MR) is 108 cm³/mol. The Morgan fingerprint density at radius 2 is 1.68 bits per heavy atom. The lowest BCUT2D eigenvalue weighted by molar-refractivity contribution is 0.0471. The van der Waals surface area contributed by atoms with Crippen molar-refractivity contribution in [3.8, 4) is 11.3 Å². The molecule has 138 valence electrons. The van der Waals surface area contributed by atoms with Crippen molar-refractivity contribution in [2.75, 3.05) is 0 Å². The summed E-state index contributed by atoms with van der Waals surface area (Å²) in [5.74, 6) is -0.936. The van der Waals surface area contributed by atoms with E-state index >= 15 is 0 Å². The normalized spacial score (nSPS) is 10.8. The summed E-state index contributed by atoms with van der Waals surface area (Å²) in [6.45, 7) is -0.140. The molecule has 0 N–H and O–H groups in total. The minimum Gasteiger partial charge on any atom is -0.457 e. The summed E-state index contributed by atoms with van der Waals surface area (Å²) in [7, 11) is 0. The van der Waals surface area contributed by atoms with E-state index in [0.29, 0.717) is 32.7 Å². The number of para-hydroxylation sites is 1. The van der Waals surface area contributed by atoms with Crippen molar-refractivity contribution < 1.29 is 13.9 Å². The number of nitrogens with zero attached hydrogens (tertiary/aromatic N) is 1. The molecule has 4 rings (SSSR count). The lowest BCUT2D eigenvalue weighted by atomic mass is 10.0. The first-order chi connectivity index (χ1) is 13.6.